The van der Waals surface area contributed by atoms with Crippen molar-refractivity contribution in [3.8, 4) is 0 Å². The molecule has 0 fully saturated rings. The topological polar surface area (TPSA) is 52.6 Å². The fourth-order valence-electron chi connectivity index (χ4n) is 2.20. The number of aliphatic hydroxyl groups is 1. The molecule has 4 nitrogen and oxygen atoms in total. The van der Waals surface area contributed by atoms with E-state index < -0.39 is 12.1 Å². The zero-order valence-electron chi connectivity index (χ0n) is 13.2. The lowest BCUT2D eigenvalue weighted by Gasteiger charge is -2.24. The number of nitrogens with zero attached hydrogens (tertiary/aromatic N) is 1. The number of aliphatic hydroxyl groups excluding tert-OH is 1. The highest BCUT2D eigenvalue weighted by molar-refractivity contribution is 5.91. The van der Waals surface area contributed by atoms with E-state index in [4.69, 9.17) is 0 Å². The molecule has 23 heavy (non-hydrogen) atoms. The number of nitrogens with one attached hydrogen (secondary N) is 1. The fourth-order valence-corrected chi connectivity index (χ4v) is 2.20. The van der Waals surface area contributed by atoms with Crippen molar-refractivity contribution in [2.75, 3.05) is 11.9 Å². The van der Waals surface area contributed by atoms with Crippen molar-refractivity contribution >= 4 is 11.7 Å². The molecule has 0 bridgehead atoms. The SMILES string of the molecule is C[C@H](NC(=O)N(C)c1ccc(F)cc1)[C@@H](O)Cc1ccccc1. The molecular weight excluding hydrogens is 295 g/mol. The van der Waals surface area contributed by atoms with E-state index in [2.05, 4.69) is 5.32 Å². The lowest BCUT2D eigenvalue weighted by molar-refractivity contribution is 0.137. The Morgan fingerprint density at radius 3 is 2.39 bits per heavy atom. The number of anilines is 1. The van der Waals surface area contributed by atoms with Gasteiger partial charge in [-0.05, 0) is 36.8 Å². The van der Waals surface area contributed by atoms with Crippen LogP contribution in [0, 0.1) is 5.82 Å². The van der Waals surface area contributed by atoms with Gasteiger partial charge in [0.2, 0.25) is 0 Å². The van der Waals surface area contributed by atoms with Crippen LogP contribution in [-0.4, -0.2) is 30.3 Å². The van der Waals surface area contributed by atoms with Crippen molar-refractivity contribution in [2.24, 2.45) is 0 Å². The molecule has 0 unspecified atom stereocenters. The van der Waals surface area contributed by atoms with Gasteiger partial charge in [0.05, 0.1) is 12.1 Å². The Bertz CT molecular complexity index is 631. The van der Waals surface area contributed by atoms with Crippen LogP contribution >= 0.6 is 0 Å². The van der Waals surface area contributed by atoms with Gasteiger partial charge in [-0.25, -0.2) is 9.18 Å². The molecule has 0 heterocycles. The molecule has 0 aliphatic rings. The third kappa shape index (κ3) is 4.79. The van der Waals surface area contributed by atoms with Crippen molar-refractivity contribution in [1.82, 2.24) is 5.32 Å². The standard InChI is InChI=1S/C18H21FN2O2/c1-13(17(22)12-14-6-4-3-5-7-14)20-18(23)21(2)16-10-8-15(19)9-11-16/h3-11,13,17,22H,12H2,1-2H3,(H,20,23)/t13-,17-/m0/s1. The summed E-state index contributed by atoms with van der Waals surface area (Å²) in [7, 11) is 1.60. The molecule has 2 aromatic carbocycles. The van der Waals surface area contributed by atoms with Crippen LogP contribution in [0.3, 0.4) is 0 Å². The smallest absolute Gasteiger partial charge is 0.321 e. The molecule has 122 valence electrons. The third-order valence-electron chi connectivity index (χ3n) is 3.73. The molecule has 2 atom stereocenters. The van der Waals surface area contributed by atoms with Gasteiger partial charge in [0, 0.05) is 19.2 Å². The maximum atomic E-state index is 12.9. The largest absolute Gasteiger partial charge is 0.391 e. The first kappa shape index (κ1) is 17.0. The van der Waals surface area contributed by atoms with E-state index in [1.165, 1.54) is 29.2 Å². The highest BCUT2D eigenvalue weighted by atomic mass is 19.1. The van der Waals surface area contributed by atoms with Crippen LogP contribution in [0.2, 0.25) is 0 Å². The Labute approximate surface area is 135 Å². The van der Waals surface area contributed by atoms with Gasteiger partial charge in [0.25, 0.3) is 0 Å². The number of halogens is 1. The van der Waals surface area contributed by atoms with E-state index in [0.29, 0.717) is 12.1 Å². The van der Waals surface area contributed by atoms with E-state index in [9.17, 15) is 14.3 Å². The summed E-state index contributed by atoms with van der Waals surface area (Å²) in [6.07, 6.45) is -0.231. The molecule has 0 aliphatic heterocycles. The molecule has 2 N–H and O–H groups in total. The predicted molar refractivity (Wildman–Crippen MR) is 88.9 cm³/mol. The summed E-state index contributed by atoms with van der Waals surface area (Å²) < 4.78 is 12.9. The minimum Gasteiger partial charge on any atom is -0.391 e. The molecule has 0 aromatic heterocycles. The van der Waals surface area contributed by atoms with Gasteiger partial charge < -0.3 is 10.4 Å². The van der Waals surface area contributed by atoms with E-state index in [0.717, 1.165) is 5.56 Å². The first-order valence-electron chi connectivity index (χ1n) is 7.49. The zero-order valence-corrected chi connectivity index (χ0v) is 13.2. The van der Waals surface area contributed by atoms with E-state index in [1.807, 2.05) is 30.3 Å². The molecule has 2 aromatic rings. The van der Waals surface area contributed by atoms with Gasteiger partial charge in [0.1, 0.15) is 5.82 Å². The van der Waals surface area contributed by atoms with Crippen LogP contribution in [-0.2, 0) is 6.42 Å². The number of amides is 2. The van der Waals surface area contributed by atoms with Crippen molar-refractivity contribution in [1.29, 1.82) is 0 Å². The van der Waals surface area contributed by atoms with Gasteiger partial charge in [0.15, 0.2) is 0 Å². The number of hydrogen-bond donors (Lipinski definition) is 2. The van der Waals surface area contributed by atoms with Crippen LogP contribution in [0.15, 0.2) is 54.6 Å². The van der Waals surface area contributed by atoms with Gasteiger partial charge in [-0.15, -0.1) is 0 Å². The van der Waals surface area contributed by atoms with Crippen molar-refractivity contribution in [3.63, 3.8) is 0 Å². The molecule has 2 amide bonds. The fraction of sp³-hybridized carbons (Fsp3) is 0.278. The summed E-state index contributed by atoms with van der Waals surface area (Å²) in [6, 6.07) is 14.5. The summed E-state index contributed by atoms with van der Waals surface area (Å²) in [5, 5.41) is 13.0. The maximum absolute atomic E-state index is 12.9. The normalized spacial score (nSPS) is 13.2. The molecular formula is C18H21FN2O2. The van der Waals surface area contributed by atoms with Crippen molar-refractivity contribution < 1.29 is 14.3 Å². The van der Waals surface area contributed by atoms with Gasteiger partial charge >= 0.3 is 6.03 Å². The van der Waals surface area contributed by atoms with Crippen molar-refractivity contribution in [3.05, 3.63) is 66.0 Å². The van der Waals surface area contributed by atoms with Gasteiger partial charge in [-0.1, -0.05) is 30.3 Å². The number of hydrogen-bond acceptors (Lipinski definition) is 2. The van der Waals surface area contributed by atoms with Crippen LogP contribution in [0.5, 0.6) is 0 Å². The first-order chi connectivity index (χ1) is 11.0. The molecule has 2 rings (SSSR count). The Morgan fingerprint density at radius 1 is 1.17 bits per heavy atom. The quantitative estimate of drug-likeness (QED) is 0.891. The lowest BCUT2D eigenvalue weighted by atomic mass is 10.0. The van der Waals surface area contributed by atoms with Crippen LogP contribution in [0.25, 0.3) is 0 Å². The Morgan fingerprint density at radius 2 is 1.78 bits per heavy atom. The average Bonchev–Trinajstić information content (AvgIpc) is 2.55. The van der Waals surface area contributed by atoms with E-state index in [1.54, 1.807) is 14.0 Å². The maximum Gasteiger partial charge on any atom is 0.321 e. The summed E-state index contributed by atoms with van der Waals surface area (Å²) in [5.41, 5.74) is 1.58. The zero-order chi connectivity index (χ0) is 16.8. The summed E-state index contributed by atoms with van der Waals surface area (Å²) >= 11 is 0. The van der Waals surface area contributed by atoms with Gasteiger partial charge in [-0.3, -0.25) is 4.90 Å². The third-order valence-corrected chi connectivity index (χ3v) is 3.73. The molecule has 0 spiro atoms. The van der Waals surface area contributed by atoms with E-state index in [-0.39, 0.29) is 11.8 Å². The highest BCUT2D eigenvalue weighted by Gasteiger charge is 2.19. The first-order valence-corrected chi connectivity index (χ1v) is 7.49. The van der Waals surface area contributed by atoms with Gasteiger partial charge in [-0.2, -0.15) is 0 Å². The second kappa shape index (κ2) is 7.74. The number of urea groups is 1. The summed E-state index contributed by atoms with van der Waals surface area (Å²) in [4.78, 5) is 13.6. The second-order valence-electron chi connectivity index (χ2n) is 5.53. The predicted octanol–water partition coefficient (Wildman–Crippen LogP) is 2.96. The monoisotopic (exact) mass is 316 g/mol. The summed E-state index contributed by atoms with van der Waals surface area (Å²) in [6.45, 7) is 1.75. The van der Waals surface area contributed by atoms with Crippen LogP contribution in [0.1, 0.15) is 12.5 Å². The molecule has 0 aliphatic carbocycles. The molecule has 0 saturated heterocycles. The summed E-state index contributed by atoms with van der Waals surface area (Å²) in [5.74, 6) is -0.353. The van der Waals surface area contributed by atoms with E-state index >= 15 is 0 Å². The molecule has 0 radical (unpaired) electrons. The molecule has 5 heteroatoms. The number of benzene rings is 2. The number of rotatable bonds is 5. The van der Waals surface area contributed by atoms with Crippen molar-refractivity contribution in [2.45, 2.75) is 25.5 Å². The van der Waals surface area contributed by atoms with Crippen LogP contribution in [0.4, 0.5) is 14.9 Å². The number of carbonyl (C=O) groups excluding carboxylic acids is 1. The lowest BCUT2D eigenvalue weighted by Crippen LogP contribution is -2.47. The molecule has 0 saturated carbocycles. The minimum absolute atomic E-state index is 0.351. The highest BCUT2D eigenvalue weighted by Crippen LogP contribution is 2.13. The van der Waals surface area contributed by atoms with Crippen LogP contribution < -0.4 is 10.2 Å². The Hall–Kier alpha value is -2.40. The Balaban J connectivity index is 1.92. The second-order valence-corrected chi connectivity index (χ2v) is 5.53. The Kier molecular flexibility index (Phi) is 5.71. The number of carbonyl (C=O) groups is 1. The average molecular weight is 316 g/mol. The minimum atomic E-state index is -0.692.